The van der Waals surface area contributed by atoms with E-state index in [4.69, 9.17) is 10.5 Å². The Morgan fingerprint density at radius 2 is 2.14 bits per heavy atom. The van der Waals surface area contributed by atoms with E-state index in [1.54, 1.807) is 4.90 Å². The molecule has 1 aliphatic heterocycles. The van der Waals surface area contributed by atoms with Gasteiger partial charge in [0, 0.05) is 19.6 Å². The second-order valence-corrected chi connectivity index (χ2v) is 5.93. The van der Waals surface area contributed by atoms with E-state index in [0.29, 0.717) is 25.2 Å². The predicted octanol–water partition coefficient (Wildman–Crippen LogP) is 1.47. The van der Waals surface area contributed by atoms with E-state index >= 15 is 0 Å². The Hall–Kier alpha value is -1.53. The van der Waals surface area contributed by atoms with E-state index in [1.807, 2.05) is 13.8 Å². The average Bonchev–Trinajstić information content (AvgIpc) is 2.41. The first-order valence-corrected chi connectivity index (χ1v) is 6.90. The van der Waals surface area contributed by atoms with Crippen molar-refractivity contribution in [1.82, 2.24) is 4.90 Å². The molecule has 0 radical (unpaired) electrons. The molecule has 0 spiro atoms. The lowest BCUT2D eigenvalue weighted by Crippen LogP contribution is -2.56. The third kappa shape index (κ3) is 3.98. The molecule has 4 nitrogen and oxygen atoms in total. The zero-order valence-corrected chi connectivity index (χ0v) is 12.2. The van der Waals surface area contributed by atoms with Crippen LogP contribution in [0, 0.1) is 11.6 Å². The van der Waals surface area contributed by atoms with Crippen molar-refractivity contribution in [3.8, 4) is 0 Å². The standard InChI is InChI=1S/C15H20F2N2O2/c1-15(2)9-19(8-11(7-18)21-15)14(20)6-10-3-4-12(16)13(17)5-10/h3-5,11H,6-9,18H2,1-2H3. The van der Waals surface area contributed by atoms with Gasteiger partial charge < -0.3 is 15.4 Å². The first kappa shape index (κ1) is 15.9. The molecule has 1 heterocycles. The monoisotopic (exact) mass is 298 g/mol. The van der Waals surface area contributed by atoms with Gasteiger partial charge in [0.1, 0.15) is 0 Å². The number of halogens is 2. The molecule has 6 heteroatoms. The van der Waals surface area contributed by atoms with Crippen molar-refractivity contribution in [3.63, 3.8) is 0 Å². The van der Waals surface area contributed by atoms with Gasteiger partial charge in [-0.15, -0.1) is 0 Å². The van der Waals surface area contributed by atoms with Gasteiger partial charge in [0.05, 0.1) is 18.1 Å². The van der Waals surface area contributed by atoms with E-state index in [1.165, 1.54) is 6.07 Å². The summed E-state index contributed by atoms with van der Waals surface area (Å²) < 4.78 is 31.8. The maximum atomic E-state index is 13.2. The fraction of sp³-hybridized carbons (Fsp3) is 0.533. The van der Waals surface area contributed by atoms with Crippen molar-refractivity contribution in [2.75, 3.05) is 19.6 Å². The number of nitrogens with zero attached hydrogens (tertiary/aromatic N) is 1. The van der Waals surface area contributed by atoms with Crippen LogP contribution in [0.3, 0.4) is 0 Å². The van der Waals surface area contributed by atoms with Gasteiger partial charge in [-0.2, -0.15) is 0 Å². The first-order valence-electron chi connectivity index (χ1n) is 6.90. The number of carbonyl (C=O) groups excluding carboxylic acids is 1. The summed E-state index contributed by atoms with van der Waals surface area (Å²) in [5, 5.41) is 0. The van der Waals surface area contributed by atoms with Crippen LogP contribution in [0.25, 0.3) is 0 Å². The minimum atomic E-state index is -0.942. The molecule has 1 aromatic rings. The number of rotatable bonds is 3. The van der Waals surface area contributed by atoms with Gasteiger partial charge in [0.15, 0.2) is 11.6 Å². The van der Waals surface area contributed by atoms with Crippen LogP contribution >= 0.6 is 0 Å². The van der Waals surface area contributed by atoms with Crippen LogP contribution in [0.15, 0.2) is 18.2 Å². The number of morpholine rings is 1. The van der Waals surface area contributed by atoms with Crippen molar-refractivity contribution >= 4 is 5.91 Å². The third-order valence-electron chi connectivity index (χ3n) is 3.44. The highest BCUT2D eigenvalue weighted by Crippen LogP contribution is 2.21. The van der Waals surface area contributed by atoms with E-state index in [2.05, 4.69) is 0 Å². The Bertz CT molecular complexity index is 534. The Balaban J connectivity index is 2.06. The van der Waals surface area contributed by atoms with Crippen LogP contribution in [0.1, 0.15) is 19.4 Å². The van der Waals surface area contributed by atoms with Gasteiger partial charge in [-0.05, 0) is 31.5 Å². The number of ether oxygens (including phenoxy) is 1. The summed E-state index contributed by atoms with van der Waals surface area (Å²) in [5.74, 6) is -2.00. The zero-order chi connectivity index (χ0) is 15.6. The second kappa shape index (κ2) is 6.07. The molecule has 116 valence electrons. The molecule has 0 aromatic heterocycles. The Morgan fingerprint density at radius 1 is 1.43 bits per heavy atom. The number of hydrogen-bond acceptors (Lipinski definition) is 3. The maximum Gasteiger partial charge on any atom is 0.227 e. The van der Waals surface area contributed by atoms with Crippen molar-refractivity contribution in [3.05, 3.63) is 35.4 Å². The van der Waals surface area contributed by atoms with Crippen LogP contribution < -0.4 is 5.73 Å². The van der Waals surface area contributed by atoms with Gasteiger partial charge in [-0.3, -0.25) is 4.79 Å². The lowest BCUT2D eigenvalue weighted by Gasteiger charge is -2.42. The van der Waals surface area contributed by atoms with E-state index in [-0.39, 0.29) is 18.4 Å². The Morgan fingerprint density at radius 3 is 2.76 bits per heavy atom. The van der Waals surface area contributed by atoms with Gasteiger partial charge in [-0.1, -0.05) is 6.07 Å². The summed E-state index contributed by atoms with van der Waals surface area (Å²) in [6.07, 6.45) is -0.174. The number of amides is 1. The van der Waals surface area contributed by atoms with Crippen molar-refractivity contribution in [1.29, 1.82) is 0 Å². The van der Waals surface area contributed by atoms with E-state index in [0.717, 1.165) is 12.1 Å². The highest BCUT2D eigenvalue weighted by atomic mass is 19.2. The lowest BCUT2D eigenvalue weighted by molar-refractivity contribution is -0.158. The van der Waals surface area contributed by atoms with Crippen LogP contribution in [0.4, 0.5) is 8.78 Å². The molecule has 1 amide bonds. The average molecular weight is 298 g/mol. The molecule has 2 rings (SSSR count). The molecule has 1 aromatic carbocycles. The third-order valence-corrected chi connectivity index (χ3v) is 3.44. The number of carbonyl (C=O) groups is 1. The largest absolute Gasteiger partial charge is 0.367 e. The molecule has 2 N–H and O–H groups in total. The Kier molecular flexibility index (Phi) is 4.58. The van der Waals surface area contributed by atoms with E-state index in [9.17, 15) is 13.6 Å². The van der Waals surface area contributed by atoms with E-state index < -0.39 is 17.2 Å². The second-order valence-electron chi connectivity index (χ2n) is 5.93. The fourth-order valence-electron chi connectivity index (χ4n) is 2.54. The topological polar surface area (TPSA) is 55.6 Å². The number of benzene rings is 1. The van der Waals surface area contributed by atoms with Crippen LogP contribution in [0.5, 0.6) is 0 Å². The fourth-order valence-corrected chi connectivity index (χ4v) is 2.54. The van der Waals surface area contributed by atoms with Crippen LogP contribution in [-0.2, 0) is 16.0 Å². The summed E-state index contributed by atoms with van der Waals surface area (Å²) in [6, 6.07) is 3.51. The summed E-state index contributed by atoms with van der Waals surface area (Å²) in [5.41, 5.74) is 5.61. The van der Waals surface area contributed by atoms with Crippen molar-refractivity contribution < 1.29 is 18.3 Å². The number of nitrogens with two attached hydrogens (primary N) is 1. The maximum absolute atomic E-state index is 13.2. The molecule has 0 saturated carbocycles. The molecule has 21 heavy (non-hydrogen) atoms. The highest BCUT2D eigenvalue weighted by molar-refractivity contribution is 5.79. The summed E-state index contributed by atoms with van der Waals surface area (Å²) in [4.78, 5) is 14.0. The summed E-state index contributed by atoms with van der Waals surface area (Å²) in [6.45, 7) is 4.99. The molecule has 1 unspecified atom stereocenters. The Labute approximate surface area is 122 Å². The summed E-state index contributed by atoms with van der Waals surface area (Å²) in [7, 11) is 0. The number of hydrogen-bond donors (Lipinski definition) is 1. The van der Waals surface area contributed by atoms with Crippen molar-refractivity contribution in [2.45, 2.75) is 32.0 Å². The predicted molar refractivity (Wildman–Crippen MR) is 74.6 cm³/mol. The van der Waals surface area contributed by atoms with Gasteiger partial charge in [0.25, 0.3) is 0 Å². The van der Waals surface area contributed by atoms with Gasteiger partial charge >= 0.3 is 0 Å². The van der Waals surface area contributed by atoms with Crippen LogP contribution in [0.2, 0.25) is 0 Å². The molecular weight excluding hydrogens is 278 g/mol. The van der Waals surface area contributed by atoms with Gasteiger partial charge in [0.2, 0.25) is 5.91 Å². The first-order chi connectivity index (χ1) is 9.80. The molecule has 1 saturated heterocycles. The lowest BCUT2D eigenvalue weighted by atomic mass is 10.0. The molecule has 1 aliphatic rings. The minimum absolute atomic E-state index is 0.0323. The minimum Gasteiger partial charge on any atom is -0.367 e. The normalized spacial score (nSPS) is 21.4. The quantitative estimate of drug-likeness (QED) is 0.919. The molecule has 1 atom stereocenters. The molecule has 1 fully saturated rings. The molecule has 0 aliphatic carbocycles. The zero-order valence-electron chi connectivity index (χ0n) is 12.2. The van der Waals surface area contributed by atoms with Crippen molar-refractivity contribution in [2.24, 2.45) is 5.73 Å². The smallest absolute Gasteiger partial charge is 0.227 e. The molecular formula is C15H20F2N2O2. The van der Waals surface area contributed by atoms with Crippen LogP contribution in [-0.4, -0.2) is 42.1 Å². The van der Waals surface area contributed by atoms with Gasteiger partial charge in [-0.25, -0.2) is 8.78 Å². The summed E-state index contributed by atoms with van der Waals surface area (Å²) >= 11 is 0. The molecule has 0 bridgehead atoms. The SMILES string of the molecule is CC1(C)CN(C(=O)Cc2ccc(F)c(F)c2)CC(CN)O1. The highest BCUT2D eigenvalue weighted by Gasteiger charge is 2.34.